The summed E-state index contributed by atoms with van der Waals surface area (Å²) in [6.45, 7) is 1.83. The van der Waals surface area contributed by atoms with Gasteiger partial charge >= 0.3 is 5.97 Å². The Balaban J connectivity index is 1.69. The van der Waals surface area contributed by atoms with Crippen LogP contribution in [-0.2, 0) is 4.79 Å². The summed E-state index contributed by atoms with van der Waals surface area (Å²) in [7, 11) is 0. The fraction of sp³-hybridized carbons (Fsp3) is 0.333. The first-order chi connectivity index (χ1) is 13.4. The number of amides is 1. The topological polar surface area (TPSA) is 101 Å². The molecule has 144 valence electrons. The molecule has 0 radical (unpaired) electrons. The number of aryl methyl sites for hydroxylation is 1. The number of hydrogen-bond acceptors (Lipinski definition) is 4. The summed E-state index contributed by atoms with van der Waals surface area (Å²) in [6.07, 6.45) is 4.05. The SMILES string of the molecule is Cc1cc(C(=O)NC2CCC(C(=O)O)CC2)c2nc3ccccc3c(=O)n2c1. The second-order valence-electron chi connectivity index (χ2n) is 7.42. The van der Waals surface area contributed by atoms with Crippen molar-refractivity contribution in [1.29, 1.82) is 0 Å². The fourth-order valence-electron chi connectivity index (χ4n) is 3.90. The van der Waals surface area contributed by atoms with Crippen LogP contribution in [0.25, 0.3) is 16.6 Å². The number of fused-ring (bicyclic) bond motifs is 2. The van der Waals surface area contributed by atoms with E-state index in [1.807, 2.05) is 6.92 Å². The largest absolute Gasteiger partial charge is 0.481 e. The minimum Gasteiger partial charge on any atom is -0.481 e. The Hall–Kier alpha value is -3.22. The first-order valence-electron chi connectivity index (χ1n) is 9.39. The van der Waals surface area contributed by atoms with Gasteiger partial charge in [-0.05, 0) is 56.4 Å². The molecule has 1 aromatic carbocycles. The maximum atomic E-state index is 13.0. The number of benzene rings is 1. The van der Waals surface area contributed by atoms with Gasteiger partial charge in [0.1, 0.15) is 0 Å². The molecule has 1 amide bonds. The first-order valence-corrected chi connectivity index (χ1v) is 9.39. The predicted octanol–water partition coefficient (Wildman–Crippen LogP) is 2.53. The third kappa shape index (κ3) is 3.24. The van der Waals surface area contributed by atoms with Gasteiger partial charge in [0, 0.05) is 12.2 Å². The number of carboxylic acid groups (broad SMARTS) is 1. The van der Waals surface area contributed by atoms with Crippen LogP contribution in [0.5, 0.6) is 0 Å². The van der Waals surface area contributed by atoms with E-state index in [2.05, 4.69) is 10.3 Å². The molecule has 0 aliphatic heterocycles. The Morgan fingerprint density at radius 1 is 1.18 bits per heavy atom. The number of aromatic nitrogens is 2. The normalized spacial score (nSPS) is 19.6. The average Bonchev–Trinajstić information content (AvgIpc) is 2.68. The Kier molecular flexibility index (Phi) is 4.58. The summed E-state index contributed by atoms with van der Waals surface area (Å²) < 4.78 is 1.42. The van der Waals surface area contributed by atoms with Crippen LogP contribution in [0.2, 0.25) is 0 Å². The number of hydrogen-bond donors (Lipinski definition) is 2. The van der Waals surface area contributed by atoms with Crippen molar-refractivity contribution in [2.24, 2.45) is 5.92 Å². The molecule has 7 heteroatoms. The lowest BCUT2D eigenvalue weighted by molar-refractivity contribution is -0.142. The molecule has 0 saturated heterocycles. The van der Waals surface area contributed by atoms with Gasteiger partial charge in [-0.15, -0.1) is 0 Å². The molecule has 1 fully saturated rings. The molecule has 0 unspecified atom stereocenters. The van der Waals surface area contributed by atoms with E-state index in [4.69, 9.17) is 5.11 Å². The third-order valence-electron chi connectivity index (χ3n) is 5.41. The number of carboxylic acids is 1. The van der Waals surface area contributed by atoms with Crippen LogP contribution < -0.4 is 10.9 Å². The van der Waals surface area contributed by atoms with E-state index in [1.54, 1.807) is 36.5 Å². The van der Waals surface area contributed by atoms with Crippen molar-refractivity contribution in [3.05, 3.63) is 58.0 Å². The summed E-state index contributed by atoms with van der Waals surface area (Å²) >= 11 is 0. The summed E-state index contributed by atoms with van der Waals surface area (Å²) in [6, 6.07) is 8.73. The van der Waals surface area contributed by atoms with Crippen molar-refractivity contribution in [2.45, 2.75) is 38.6 Å². The molecular weight excluding hydrogens is 358 g/mol. The van der Waals surface area contributed by atoms with Crippen LogP contribution in [0, 0.1) is 12.8 Å². The van der Waals surface area contributed by atoms with Gasteiger partial charge in [0.25, 0.3) is 11.5 Å². The first kappa shape index (κ1) is 18.2. The zero-order valence-corrected chi connectivity index (χ0v) is 15.5. The van der Waals surface area contributed by atoms with Crippen molar-refractivity contribution in [2.75, 3.05) is 0 Å². The Morgan fingerprint density at radius 3 is 2.61 bits per heavy atom. The zero-order valence-electron chi connectivity index (χ0n) is 15.5. The number of para-hydroxylation sites is 1. The van der Waals surface area contributed by atoms with Gasteiger partial charge in [0.2, 0.25) is 0 Å². The summed E-state index contributed by atoms with van der Waals surface area (Å²) in [5.74, 6) is -1.40. The van der Waals surface area contributed by atoms with Gasteiger partial charge in [0.05, 0.1) is 22.4 Å². The second-order valence-corrected chi connectivity index (χ2v) is 7.42. The van der Waals surface area contributed by atoms with E-state index in [-0.39, 0.29) is 23.4 Å². The number of carbonyl (C=O) groups excluding carboxylic acids is 1. The maximum absolute atomic E-state index is 13.0. The second kappa shape index (κ2) is 7.07. The highest BCUT2D eigenvalue weighted by atomic mass is 16.4. The van der Waals surface area contributed by atoms with Crippen LogP contribution in [0.1, 0.15) is 41.6 Å². The molecular formula is C21H21N3O4. The molecule has 0 spiro atoms. The Labute approximate surface area is 161 Å². The number of carbonyl (C=O) groups is 2. The lowest BCUT2D eigenvalue weighted by atomic mass is 9.86. The van der Waals surface area contributed by atoms with Crippen molar-refractivity contribution in [3.8, 4) is 0 Å². The number of aliphatic carboxylic acids is 1. The van der Waals surface area contributed by atoms with Crippen LogP contribution in [0.3, 0.4) is 0 Å². The van der Waals surface area contributed by atoms with E-state index >= 15 is 0 Å². The van der Waals surface area contributed by atoms with Gasteiger partial charge in [-0.2, -0.15) is 0 Å². The van der Waals surface area contributed by atoms with Crippen LogP contribution in [0.4, 0.5) is 0 Å². The van der Waals surface area contributed by atoms with E-state index in [0.717, 1.165) is 5.56 Å². The predicted molar refractivity (Wildman–Crippen MR) is 105 cm³/mol. The summed E-state index contributed by atoms with van der Waals surface area (Å²) in [5.41, 5.74) is 1.80. The fourth-order valence-corrected chi connectivity index (χ4v) is 3.90. The number of rotatable bonds is 3. The van der Waals surface area contributed by atoms with Crippen LogP contribution in [-0.4, -0.2) is 32.4 Å². The highest BCUT2D eigenvalue weighted by Crippen LogP contribution is 2.25. The molecule has 2 heterocycles. The smallest absolute Gasteiger partial charge is 0.306 e. The van der Waals surface area contributed by atoms with Crippen molar-refractivity contribution < 1.29 is 14.7 Å². The number of nitrogens with zero attached hydrogens (tertiary/aromatic N) is 2. The van der Waals surface area contributed by atoms with Crippen molar-refractivity contribution >= 4 is 28.4 Å². The molecule has 1 aliphatic rings. The van der Waals surface area contributed by atoms with E-state index < -0.39 is 5.97 Å². The van der Waals surface area contributed by atoms with E-state index in [1.165, 1.54) is 4.40 Å². The minimum absolute atomic E-state index is 0.0733. The minimum atomic E-state index is -0.773. The molecule has 3 aromatic rings. The average molecular weight is 379 g/mol. The van der Waals surface area contributed by atoms with E-state index in [0.29, 0.717) is 47.8 Å². The molecule has 0 bridgehead atoms. The van der Waals surface area contributed by atoms with E-state index in [9.17, 15) is 14.4 Å². The van der Waals surface area contributed by atoms with Gasteiger partial charge in [-0.3, -0.25) is 18.8 Å². The van der Waals surface area contributed by atoms with Gasteiger partial charge in [-0.25, -0.2) is 4.98 Å². The maximum Gasteiger partial charge on any atom is 0.306 e. The molecule has 4 rings (SSSR count). The molecule has 2 N–H and O–H groups in total. The number of nitrogens with one attached hydrogen (secondary N) is 1. The van der Waals surface area contributed by atoms with Gasteiger partial charge in [-0.1, -0.05) is 12.1 Å². The lowest BCUT2D eigenvalue weighted by Crippen LogP contribution is -2.39. The lowest BCUT2D eigenvalue weighted by Gasteiger charge is -2.27. The van der Waals surface area contributed by atoms with Crippen LogP contribution >= 0.6 is 0 Å². The summed E-state index contributed by atoms with van der Waals surface area (Å²) in [4.78, 5) is 41.5. The Morgan fingerprint density at radius 2 is 1.89 bits per heavy atom. The highest BCUT2D eigenvalue weighted by molar-refractivity contribution is 6.01. The quantitative estimate of drug-likeness (QED) is 0.681. The molecule has 1 saturated carbocycles. The standard InChI is InChI=1S/C21H21N3O4/c1-12-10-16(19(25)22-14-8-6-13(7-9-14)21(27)28)18-23-17-5-3-2-4-15(17)20(26)24(18)11-12/h2-5,10-11,13-14H,6-9H2,1H3,(H,22,25)(H,27,28). The van der Waals surface area contributed by atoms with Gasteiger partial charge < -0.3 is 10.4 Å². The molecule has 1 aliphatic carbocycles. The van der Waals surface area contributed by atoms with Gasteiger partial charge in [0.15, 0.2) is 5.65 Å². The molecule has 28 heavy (non-hydrogen) atoms. The number of pyridine rings is 1. The highest BCUT2D eigenvalue weighted by Gasteiger charge is 2.27. The molecule has 2 aromatic heterocycles. The zero-order chi connectivity index (χ0) is 19.8. The summed E-state index contributed by atoms with van der Waals surface area (Å²) in [5, 5.41) is 12.6. The molecule has 0 atom stereocenters. The van der Waals surface area contributed by atoms with Crippen molar-refractivity contribution in [3.63, 3.8) is 0 Å². The Bertz CT molecular complexity index is 1140. The van der Waals surface area contributed by atoms with Crippen molar-refractivity contribution in [1.82, 2.24) is 14.7 Å². The molecule has 7 nitrogen and oxygen atoms in total. The monoisotopic (exact) mass is 379 g/mol. The van der Waals surface area contributed by atoms with Crippen LogP contribution in [0.15, 0.2) is 41.3 Å². The third-order valence-corrected chi connectivity index (χ3v) is 5.41.